The summed E-state index contributed by atoms with van der Waals surface area (Å²) in [6.07, 6.45) is 1.72. The number of nitrogens with zero attached hydrogens (tertiary/aromatic N) is 2. The van der Waals surface area contributed by atoms with Crippen molar-refractivity contribution in [3.8, 4) is 11.5 Å². The van der Waals surface area contributed by atoms with E-state index in [1.165, 1.54) is 15.9 Å². The summed E-state index contributed by atoms with van der Waals surface area (Å²) in [5.41, 5.74) is 1.89. The van der Waals surface area contributed by atoms with Crippen LogP contribution in [0.1, 0.15) is 31.0 Å². The summed E-state index contributed by atoms with van der Waals surface area (Å²) in [6, 6.07) is 9.90. The average Bonchev–Trinajstić information content (AvgIpc) is 3.12. The zero-order valence-corrected chi connectivity index (χ0v) is 22.6. The quantitative estimate of drug-likeness (QED) is 0.410. The molecule has 2 aromatic carbocycles. The van der Waals surface area contributed by atoms with Crippen LogP contribution in [-0.2, 0) is 9.53 Å². The maximum atomic E-state index is 13.7. The molecule has 35 heavy (non-hydrogen) atoms. The lowest BCUT2D eigenvalue weighted by Crippen LogP contribution is -2.40. The lowest BCUT2D eigenvalue weighted by molar-refractivity contribution is -0.139. The highest BCUT2D eigenvalue weighted by molar-refractivity contribution is 9.10. The van der Waals surface area contributed by atoms with Crippen LogP contribution >= 0.6 is 38.9 Å². The highest BCUT2D eigenvalue weighted by Gasteiger charge is 2.33. The Morgan fingerprint density at radius 3 is 2.57 bits per heavy atom. The van der Waals surface area contributed by atoms with Gasteiger partial charge in [0.25, 0.3) is 5.56 Å². The number of carbonyl (C=O) groups is 1. The van der Waals surface area contributed by atoms with Gasteiger partial charge in [-0.25, -0.2) is 9.79 Å². The van der Waals surface area contributed by atoms with Crippen molar-refractivity contribution in [2.24, 2.45) is 4.99 Å². The molecule has 0 bridgehead atoms. The van der Waals surface area contributed by atoms with E-state index in [9.17, 15) is 9.59 Å². The third-order valence-electron chi connectivity index (χ3n) is 5.49. The lowest BCUT2D eigenvalue weighted by Gasteiger charge is -2.25. The molecule has 1 aliphatic rings. The van der Waals surface area contributed by atoms with E-state index >= 15 is 0 Å². The molecule has 7 nitrogen and oxygen atoms in total. The summed E-state index contributed by atoms with van der Waals surface area (Å²) >= 11 is 10.9. The van der Waals surface area contributed by atoms with Crippen molar-refractivity contribution >= 4 is 50.9 Å². The van der Waals surface area contributed by atoms with Gasteiger partial charge in [0.05, 0.1) is 47.1 Å². The van der Waals surface area contributed by atoms with Gasteiger partial charge in [0.2, 0.25) is 0 Å². The molecule has 0 radical (unpaired) electrons. The Morgan fingerprint density at radius 2 is 1.91 bits per heavy atom. The van der Waals surface area contributed by atoms with Crippen LogP contribution in [-0.4, -0.2) is 31.4 Å². The number of methoxy groups -OCH3 is 2. The summed E-state index contributed by atoms with van der Waals surface area (Å²) in [7, 11) is 3.12. The van der Waals surface area contributed by atoms with Gasteiger partial charge in [-0.05, 0) is 71.7 Å². The third kappa shape index (κ3) is 4.80. The van der Waals surface area contributed by atoms with Crippen LogP contribution in [0.5, 0.6) is 11.5 Å². The molecule has 0 amide bonds. The molecule has 0 fully saturated rings. The Hall–Kier alpha value is -2.88. The van der Waals surface area contributed by atoms with Crippen molar-refractivity contribution < 1.29 is 19.0 Å². The number of aromatic nitrogens is 1. The smallest absolute Gasteiger partial charge is 0.338 e. The molecule has 182 valence electrons. The highest BCUT2D eigenvalue weighted by Crippen LogP contribution is 2.35. The van der Waals surface area contributed by atoms with Crippen molar-refractivity contribution in [1.82, 2.24) is 4.57 Å². The number of rotatable bonds is 6. The molecular formula is C25H22BrClN2O5S. The molecule has 0 N–H and O–H groups in total. The van der Waals surface area contributed by atoms with Crippen LogP contribution in [0.4, 0.5) is 0 Å². The number of fused-ring (bicyclic) bond motifs is 1. The molecule has 1 aliphatic heterocycles. The van der Waals surface area contributed by atoms with Gasteiger partial charge in [-0.3, -0.25) is 9.36 Å². The first-order chi connectivity index (χ1) is 16.8. The summed E-state index contributed by atoms with van der Waals surface area (Å²) in [5.74, 6) is 0.698. The molecule has 0 spiro atoms. The molecule has 3 aromatic rings. The number of thiazole rings is 1. The predicted molar refractivity (Wildman–Crippen MR) is 139 cm³/mol. The Labute approximate surface area is 219 Å². The second-order valence-electron chi connectivity index (χ2n) is 7.58. The van der Waals surface area contributed by atoms with Gasteiger partial charge in [-0.15, -0.1) is 0 Å². The van der Waals surface area contributed by atoms with E-state index in [1.54, 1.807) is 58.4 Å². The Morgan fingerprint density at radius 1 is 1.20 bits per heavy atom. The minimum Gasteiger partial charge on any atom is -0.496 e. The van der Waals surface area contributed by atoms with Gasteiger partial charge >= 0.3 is 5.97 Å². The number of benzene rings is 2. The van der Waals surface area contributed by atoms with Gasteiger partial charge in [-0.1, -0.05) is 29.0 Å². The Bertz CT molecular complexity index is 1530. The minimum absolute atomic E-state index is 0.202. The first kappa shape index (κ1) is 25.2. The first-order valence-electron chi connectivity index (χ1n) is 10.7. The Kier molecular flexibility index (Phi) is 7.49. The van der Waals surface area contributed by atoms with Crippen molar-refractivity contribution in [1.29, 1.82) is 0 Å². The molecule has 0 saturated carbocycles. The summed E-state index contributed by atoms with van der Waals surface area (Å²) in [5, 5.41) is 0.520. The van der Waals surface area contributed by atoms with Crippen LogP contribution in [0.15, 0.2) is 61.9 Å². The normalized spacial score (nSPS) is 15.5. The van der Waals surface area contributed by atoms with Crippen LogP contribution in [0.25, 0.3) is 6.08 Å². The van der Waals surface area contributed by atoms with E-state index in [4.69, 9.17) is 25.8 Å². The van der Waals surface area contributed by atoms with Crippen molar-refractivity contribution in [3.05, 3.63) is 88.0 Å². The zero-order chi connectivity index (χ0) is 25.3. The SMILES string of the molecule is CCOC(=O)C1=C(C)N=c2s/c(=C/c3cc(Cl)ccc3OC)c(=O)n2[C@@H]1c1ccc(OC)c(Br)c1. The van der Waals surface area contributed by atoms with Crippen LogP contribution in [0, 0.1) is 0 Å². The maximum Gasteiger partial charge on any atom is 0.338 e. The summed E-state index contributed by atoms with van der Waals surface area (Å²) in [6.45, 7) is 3.68. The molecular weight excluding hydrogens is 556 g/mol. The molecule has 0 aliphatic carbocycles. The molecule has 10 heteroatoms. The third-order valence-corrected chi connectivity index (χ3v) is 7.32. The van der Waals surface area contributed by atoms with Crippen molar-refractivity contribution in [3.63, 3.8) is 0 Å². The maximum absolute atomic E-state index is 13.7. The van der Waals surface area contributed by atoms with Gasteiger partial charge in [0, 0.05) is 10.6 Å². The highest BCUT2D eigenvalue weighted by atomic mass is 79.9. The summed E-state index contributed by atoms with van der Waals surface area (Å²) in [4.78, 5) is 31.8. The standard InChI is InChI=1S/C25H22BrClN2O5S/c1-5-34-24(31)21-13(2)28-25-29(22(21)14-6-8-19(33-4)17(26)11-14)23(30)20(35-25)12-15-10-16(27)7-9-18(15)32-3/h6-12,22H,5H2,1-4H3/b20-12+/t22-/m1/s1. The average molecular weight is 578 g/mol. The van der Waals surface area contributed by atoms with E-state index in [1.807, 2.05) is 12.1 Å². The van der Waals surface area contributed by atoms with Crippen LogP contribution in [0.2, 0.25) is 5.02 Å². The molecule has 0 saturated heterocycles. The van der Waals surface area contributed by atoms with E-state index in [0.717, 1.165) is 0 Å². The lowest BCUT2D eigenvalue weighted by atomic mass is 9.96. The van der Waals surface area contributed by atoms with Gasteiger partial charge in [0.1, 0.15) is 11.5 Å². The number of halogens is 2. The largest absolute Gasteiger partial charge is 0.496 e. The van der Waals surface area contributed by atoms with E-state index in [-0.39, 0.29) is 12.2 Å². The first-order valence-corrected chi connectivity index (χ1v) is 12.6. The number of esters is 1. The second kappa shape index (κ2) is 10.4. The molecule has 1 aromatic heterocycles. The molecule has 0 unspecified atom stereocenters. The molecule has 1 atom stereocenters. The number of ether oxygens (including phenoxy) is 3. The zero-order valence-electron chi connectivity index (χ0n) is 19.4. The van der Waals surface area contributed by atoms with Crippen LogP contribution in [0.3, 0.4) is 0 Å². The van der Waals surface area contributed by atoms with E-state index < -0.39 is 12.0 Å². The Balaban J connectivity index is 1.98. The molecule has 2 heterocycles. The number of allylic oxidation sites excluding steroid dienone is 1. The van der Waals surface area contributed by atoms with E-state index in [0.29, 0.717) is 52.7 Å². The van der Waals surface area contributed by atoms with E-state index in [2.05, 4.69) is 20.9 Å². The minimum atomic E-state index is -0.726. The number of hydrogen-bond acceptors (Lipinski definition) is 7. The predicted octanol–water partition coefficient (Wildman–Crippen LogP) is 4.23. The van der Waals surface area contributed by atoms with Crippen LogP contribution < -0.4 is 24.4 Å². The summed E-state index contributed by atoms with van der Waals surface area (Å²) < 4.78 is 18.8. The van der Waals surface area contributed by atoms with Crippen molar-refractivity contribution in [2.75, 3.05) is 20.8 Å². The monoisotopic (exact) mass is 576 g/mol. The topological polar surface area (TPSA) is 79.1 Å². The fraction of sp³-hybridized carbons (Fsp3) is 0.240. The van der Waals surface area contributed by atoms with Gasteiger partial charge in [-0.2, -0.15) is 0 Å². The van der Waals surface area contributed by atoms with Crippen molar-refractivity contribution in [2.45, 2.75) is 19.9 Å². The van der Waals surface area contributed by atoms with Gasteiger partial charge in [0.15, 0.2) is 4.80 Å². The number of carbonyl (C=O) groups excluding carboxylic acids is 1. The second-order valence-corrected chi connectivity index (χ2v) is 9.88. The molecule has 4 rings (SSSR count). The fourth-order valence-corrected chi connectivity index (χ4v) is 5.70. The number of hydrogen-bond donors (Lipinski definition) is 0. The fourth-order valence-electron chi connectivity index (χ4n) is 3.92. The van der Waals surface area contributed by atoms with Gasteiger partial charge < -0.3 is 14.2 Å².